The van der Waals surface area contributed by atoms with Gasteiger partial charge in [-0.05, 0) is 90.4 Å². The zero-order valence-corrected chi connectivity index (χ0v) is 17.4. The predicted molar refractivity (Wildman–Crippen MR) is 115 cm³/mol. The van der Waals surface area contributed by atoms with E-state index in [1.165, 1.54) is 29.4 Å². The fourth-order valence-corrected chi connectivity index (χ4v) is 9.62. The summed E-state index contributed by atoms with van der Waals surface area (Å²) in [5.41, 5.74) is 3.76. The Bertz CT molecular complexity index is 1130. The standard InChI is InChI=1S/C26H28N2O2/c1-30-13-2-3-20-14(8-13)19(11-27-20)12-4-6-28(7-5-12)26(29)25-22-16-10-17-21-15(16)9-18(22)23(21)24(17)25/h2-4,8,11,15-18,21-25,27H,5-7,9-10H2,1H3. The molecule has 4 nitrogen and oxygen atoms in total. The molecule has 0 saturated heterocycles. The van der Waals surface area contributed by atoms with Gasteiger partial charge in [-0.1, -0.05) is 6.08 Å². The van der Waals surface area contributed by atoms with Crippen molar-refractivity contribution in [2.75, 3.05) is 20.2 Å². The Kier molecular flexibility index (Phi) is 2.92. The molecule has 2 bridgehead atoms. The van der Waals surface area contributed by atoms with Crippen LogP contribution in [-0.2, 0) is 4.79 Å². The zero-order chi connectivity index (χ0) is 19.7. The molecule has 2 heterocycles. The van der Waals surface area contributed by atoms with Gasteiger partial charge in [0.2, 0.25) is 5.91 Å². The van der Waals surface area contributed by atoms with Crippen molar-refractivity contribution in [1.29, 1.82) is 0 Å². The van der Waals surface area contributed by atoms with E-state index in [9.17, 15) is 4.79 Å². The normalized spacial score (nSPS) is 44.1. The van der Waals surface area contributed by atoms with E-state index in [1.807, 2.05) is 6.07 Å². The molecule has 1 amide bonds. The molecule has 9 unspecified atom stereocenters. The number of hydrogen-bond donors (Lipinski definition) is 1. The molecular weight excluding hydrogens is 372 g/mol. The van der Waals surface area contributed by atoms with Gasteiger partial charge in [-0.3, -0.25) is 4.79 Å². The Morgan fingerprint density at radius 2 is 1.90 bits per heavy atom. The maximum atomic E-state index is 13.7. The number of nitrogens with one attached hydrogen (secondary N) is 1. The number of nitrogens with zero attached hydrogens (tertiary/aromatic N) is 1. The summed E-state index contributed by atoms with van der Waals surface area (Å²) >= 11 is 0. The molecule has 154 valence electrons. The van der Waals surface area contributed by atoms with Crippen molar-refractivity contribution >= 4 is 22.4 Å². The first-order valence-corrected chi connectivity index (χ1v) is 11.9. The zero-order valence-electron chi connectivity index (χ0n) is 17.4. The minimum atomic E-state index is 0.375. The summed E-state index contributed by atoms with van der Waals surface area (Å²) in [5.74, 6) is 9.00. The molecule has 4 heteroatoms. The molecule has 6 aliphatic rings. The summed E-state index contributed by atoms with van der Waals surface area (Å²) < 4.78 is 5.43. The fraction of sp³-hybridized carbons (Fsp3) is 0.577. The van der Waals surface area contributed by atoms with Gasteiger partial charge in [0.05, 0.1) is 7.11 Å². The van der Waals surface area contributed by atoms with Gasteiger partial charge in [-0.2, -0.15) is 0 Å². The number of aromatic amines is 1. The minimum absolute atomic E-state index is 0.375. The lowest BCUT2D eigenvalue weighted by molar-refractivity contribution is -0.143. The van der Waals surface area contributed by atoms with Crippen LogP contribution >= 0.6 is 0 Å². The number of amides is 1. The first kappa shape index (κ1) is 16.5. The van der Waals surface area contributed by atoms with Gasteiger partial charge in [0.25, 0.3) is 0 Å². The van der Waals surface area contributed by atoms with Crippen molar-refractivity contribution in [3.05, 3.63) is 36.0 Å². The fourth-order valence-electron chi connectivity index (χ4n) is 9.62. The van der Waals surface area contributed by atoms with Crippen LogP contribution < -0.4 is 4.74 Å². The van der Waals surface area contributed by atoms with E-state index in [1.54, 1.807) is 7.11 Å². The summed E-state index contributed by atoms with van der Waals surface area (Å²) in [5, 5.41) is 1.21. The van der Waals surface area contributed by atoms with Crippen LogP contribution in [0.25, 0.3) is 16.5 Å². The van der Waals surface area contributed by atoms with Crippen LogP contribution in [0.5, 0.6) is 5.75 Å². The number of carbonyl (C=O) groups excluding carboxylic acids is 1. The summed E-state index contributed by atoms with van der Waals surface area (Å²) in [4.78, 5) is 19.3. The quantitative estimate of drug-likeness (QED) is 0.840. The molecule has 5 aliphatic carbocycles. The first-order chi connectivity index (χ1) is 14.7. The molecule has 1 aliphatic heterocycles. The summed E-state index contributed by atoms with van der Waals surface area (Å²) in [6.45, 7) is 1.65. The molecule has 2 aromatic rings. The number of carbonyl (C=O) groups is 1. The Morgan fingerprint density at radius 3 is 2.70 bits per heavy atom. The van der Waals surface area contributed by atoms with E-state index in [0.29, 0.717) is 11.8 Å². The average Bonchev–Trinajstić information content (AvgIpc) is 3.46. The number of rotatable bonds is 3. The third kappa shape index (κ3) is 1.72. The first-order valence-electron chi connectivity index (χ1n) is 11.9. The summed E-state index contributed by atoms with van der Waals surface area (Å²) in [7, 11) is 1.72. The SMILES string of the molecule is COc1ccc2[nH]cc(C3=CCN(C(=O)C4C5C6CC7C8C6CC5C8C74)CC3)c2c1. The third-order valence-electron chi connectivity index (χ3n) is 10.4. The van der Waals surface area contributed by atoms with Crippen LogP contribution in [0.3, 0.4) is 0 Å². The lowest BCUT2D eigenvalue weighted by atomic mass is 9.57. The van der Waals surface area contributed by atoms with E-state index < -0.39 is 0 Å². The lowest BCUT2D eigenvalue weighted by Gasteiger charge is -2.48. The Hall–Kier alpha value is -2.23. The number of methoxy groups -OCH3 is 1. The second kappa shape index (κ2) is 5.33. The molecule has 30 heavy (non-hydrogen) atoms. The number of fused-ring (bicyclic) bond motifs is 3. The van der Waals surface area contributed by atoms with Crippen molar-refractivity contribution in [3.8, 4) is 5.75 Å². The van der Waals surface area contributed by atoms with Crippen molar-refractivity contribution in [1.82, 2.24) is 9.88 Å². The van der Waals surface area contributed by atoms with E-state index in [4.69, 9.17) is 4.74 Å². The van der Waals surface area contributed by atoms with Gasteiger partial charge in [0.15, 0.2) is 0 Å². The Labute approximate surface area is 176 Å². The van der Waals surface area contributed by atoms with Crippen LogP contribution in [0.15, 0.2) is 30.5 Å². The summed E-state index contributed by atoms with van der Waals surface area (Å²) in [6, 6.07) is 6.19. The Balaban J connectivity index is 1.06. The number of hydrogen-bond acceptors (Lipinski definition) is 2. The van der Waals surface area contributed by atoms with Crippen molar-refractivity contribution in [3.63, 3.8) is 0 Å². The van der Waals surface area contributed by atoms with E-state index in [-0.39, 0.29) is 0 Å². The molecule has 1 aromatic carbocycles. The highest BCUT2D eigenvalue weighted by molar-refractivity contribution is 5.94. The van der Waals surface area contributed by atoms with E-state index >= 15 is 0 Å². The molecule has 5 fully saturated rings. The van der Waals surface area contributed by atoms with Crippen LogP contribution in [0, 0.1) is 53.3 Å². The maximum Gasteiger partial charge on any atom is 0.226 e. The van der Waals surface area contributed by atoms with Crippen molar-refractivity contribution in [2.45, 2.75) is 19.3 Å². The average molecular weight is 401 g/mol. The molecular formula is C26H28N2O2. The smallest absolute Gasteiger partial charge is 0.226 e. The highest BCUT2D eigenvalue weighted by Crippen LogP contribution is 2.84. The van der Waals surface area contributed by atoms with Gasteiger partial charge in [0, 0.05) is 41.7 Å². The van der Waals surface area contributed by atoms with Crippen LogP contribution in [0.2, 0.25) is 0 Å². The second-order valence-electron chi connectivity index (χ2n) is 10.8. The van der Waals surface area contributed by atoms with E-state index in [0.717, 1.165) is 78.1 Å². The highest BCUT2D eigenvalue weighted by atomic mass is 16.5. The summed E-state index contributed by atoms with van der Waals surface area (Å²) in [6.07, 6.45) is 8.30. The molecule has 1 aromatic heterocycles. The predicted octanol–water partition coefficient (Wildman–Crippen LogP) is 4.19. The minimum Gasteiger partial charge on any atom is -0.497 e. The number of benzene rings is 1. The van der Waals surface area contributed by atoms with Crippen LogP contribution in [0.4, 0.5) is 0 Å². The number of aromatic nitrogens is 1. The van der Waals surface area contributed by atoms with Gasteiger partial charge in [0.1, 0.15) is 5.75 Å². The molecule has 5 saturated carbocycles. The second-order valence-corrected chi connectivity index (χ2v) is 10.8. The molecule has 0 spiro atoms. The van der Waals surface area contributed by atoms with E-state index in [2.05, 4.69) is 34.3 Å². The molecule has 0 radical (unpaired) electrons. The number of ether oxygens (including phenoxy) is 1. The van der Waals surface area contributed by atoms with Gasteiger partial charge < -0.3 is 14.6 Å². The maximum absolute atomic E-state index is 13.7. The monoisotopic (exact) mass is 400 g/mol. The third-order valence-corrected chi connectivity index (χ3v) is 10.4. The van der Waals surface area contributed by atoms with Crippen molar-refractivity contribution in [2.24, 2.45) is 53.3 Å². The largest absolute Gasteiger partial charge is 0.497 e. The van der Waals surface area contributed by atoms with Gasteiger partial charge in [-0.15, -0.1) is 0 Å². The Morgan fingerprint density at radius 1 is 1.07 bits per heavy atom. The molecule has 1 N–H and O–H groups in total. The highest BCUT2D eigenvalue weighted by Gasteiger charge is 2.81. The molecule has 9 atom stereocenters. The van der Waals surface area contributed by atoms with Gasteiger partial charge in [-0.25, -0.2) is 0 Å². The van der Waals surface area contributed by atoms with Gasteiger partial charge >= 0.3 is 0 Å². The molecule has 8 rings (SSSR count). The lowest BCUT2D eigenvalue weighted by Crippen LogP contribution is -2.50. The van der Waals surface area contributed by atoms with Crippen molar-refractivity contribution < 1.29 is 9.53 Å². The topological polar surface area (TPSA) is 45.3 Å². The number of H-pyrrole nitrogens is 1. The van der Waals surface area contributed by atoms with Crippen LogP contribution in [0.1, 0.15) is 24.8 Å². The van der Waals surface area contributed by atoms with Crippen LogP contribution in [-0.4, -0.2) is 36.0 Å².